The molecule has 2 nitrogen and oxygen atoms in total. The average molecular weight is 579 g/mol. The second-order valence-corrected chi connectivity index (χ2v) is 12.8. The van der Waals surface area contributed by atoms with Gasteiger partial charge >= 0.3 is 90.3 Å². The first-order chi connectivity index (χ1) is 15.3. The van der Waals surface area contributed by atoms with Gasteiger partial charge in [-0.1, -0.05) is 31.5 Å². The van der Waals surface area contributed by atoms with E-state index in [0.29, 0.717) is 11.9 Å². The maximum Gasteiger partial charge on any atom is 0.0482 e. The van der Waals surface area contributed by atoms with E-state index < -0.39 is 0 Å². The molecule has 0 aliphatic carbocycles. The Kier molecular flexibility index (Phi) is 10.0. The Morgan fingerprint density at radius 3 is 2.18 bits per heavy atom. The summed E-state index contributed by atoms with van der Waals surface area (Å²) in [6.07, 6.45) is 1.38. The zero-order valence-corrected chi connectivity index (χ0v) is 24.8. The molecule has 3 rings (SSSR count). The Bertz CT molecular complexity index is 945. The molecule has 0 amide bonds. The monoisotopic (exact) mass is 578 g/mol. The molecule has 0 N–H and O–H groups in total. The van der Waals surface area contributed by atoms with Gasteiger partial charge in [-0.2, -0.15) is 0 Å². The summed E-state index contributed by atoms with van der Waals surface area (Å²) in [5, 5.41) is 0. The van der Waals surface area contributed by atoms with Crippen molar-refractivity contribution in [2.24, 2.45) is 5.41 Å². The van der Waals surface area contributed by atoms with E-state index in [-0.39, 0.29) is 32.7 Å². The predicted molar refractivity (Wildman–Crippen MR) is 143 cm³/mol. The SMILES string of the molecule is CC(C)Oc1ccccc1[CH]=[Ru][Cl].Cc1cc(C)c(N2C(CCl)C(C)(C)CC2(C)C)c(C)c1. The number of alkyl halides is 1. The summed E-state index contributed by atoms with van der Waals surface area (Å²) in [5.41, 5.74) is 6.94. The summed E-state index contributed by atoms with van der Waals surface area (Å²) in [6.45, 7) is 20.0. The Morgan fingerprint density at radius 2 is 1.67 bits per heavy atom. The summed E-state index contributed by atoms with van der Waals surface area (Å²) >= 11 is 6.17. The first-order valence-electron chi connectivity index (χ1n) is 11.6. The quantitative estimate of drug-likeness (QED) is 0.263. The molecule has 1 aliphatic heterocycles. The number of nitrogens with zero attached hydrogens (tertiary/aromatic N) is 1. The molecule has 0 aromatic heterocycles. The van der Waals surface area contributed by atoms with Crippen LogP contribution in [0.25, 0.3) is 0 Å². The summed E-state index contributed by atoms with van der Waals surface area (Å²) in [7, 11) is 5.72. The Hall–Kier alpha value is -0.887. The molecule has 0 saturated carbocycles. The number of anilines is 1. The minimum Gasteiger partial charge on any atom is -0.361 e. The van der Waals surface area contributed by atoms with Gasteiger partial charge in [0.05, 0.1) is 0 Å². The first-order valence-corrected chi connectivity index (χ1v) is 15.4. The number of ether oxygens (including phenoxy) is 1. The van der Waals surface area contributed by atoms with E-state index >= 15 is 0 Å². The van der Waals surface area contributed by atoms with Crippen LogP contribution in [0.4, 0.5) is 5.69 Å². The molecule has 185 valence electrons. The number of rotatable bonds is 5. The van der Waals surface area contributed by atoms with Crippen LogP contribution in [0, 0.1) is 26.2 Å². The molecule has 1 atom stereocenters. The van der Waals surface area contributed by atoms with Crippen LogP contribution in [-0.4, -0.2) is 28.2 Å². The van der Waals surface area contributed by atoms with E-state index in [1.165, 1.54) is 28.8 Å². The minimum atomic E-state index is -0.191. The van der Waals surface area contributed by atoms with Crippen LogP contribution in [0.2, 0.25) is 0 Å². The number of para-hydroxylation sites is 1. The molecule has 5 heteroatoms. The van der Waals surface area contributed by atoms with Crippen molar-refractivity contribution >= 4 is 31.6 Å². The number of hydrogen-bond acceptors (Lipinski definition) is 2. The fraction of sp³-hybridized carbons (Fsp3) is 0.536. The van der Waals surface area contributed by atoms with Crippen LogP contribution in [0.3, 0.4) is 0 Å². The van der Waals surface area contributed by atoms with Crippen LogP contribution >= 0.6 is 21.3 Å². The molecule has 2 aromatic carbocycles. The second-order valence-electron chi connectivity index (χ2n) is 10.6. The molecule has 0 spiro atoms. The van der Waals surface area contributed by atoms with Gasteiger partial charge in [-0.3, -0.25) is 0 Å². The molecule has 1 saturated heterocycles. The number of benzene rings is 2. The first kappa shape index (κ1) is 28.4. The topological polar surface area (TPSA) is 12.5 Å². The van der Waals surface area contributed by atoms with Gasteiger partial charge in [0.1, 0.15) is 0 Å². The van der Waals surface area contributed by atoms with Gasteiger partial charge in [-0.05, 0) is 57.6 Å². The average Bonchev–Trinajstić information content (AvgIpc) is 2.86. The van der Waals surface area contributed by atoms with Crippen molar-refractivity contribution in [3.63, 3.8) is 0 Å². The molecule has 2 aromatic rings. The molecule has 33 heavy (non-hydrogen) atoms. The zero-order chi connectivity index (χ0) is 25.0. The smallest absolute Gasteiger partial charge is 0.0482 e. The van der Waals surface area contributed by atoms with Crippen LogP contribution in [0.15, 0.2) is 36.4 Å². The van der Waals surface area contributed by atoms with Crippen molar-refractivity contribution in [1.29, 1.82) is 0 Å². The van der Waals surface area contributed by atoms with Gasteiger partial charge in [0.25, 0.3) is 0 Å². The van der Waals surface area contributed by atoms with Crippen molar-refractivity contribution in [2.75, 3.05) is 10.8 Å². The van der Waals surface area contributed by atoms with Crippen LogP contribution in [0.1, 0.15) is 70.2 Å². The van der Waals surface area contributed by atoms with Crippen molar-refractivity contribution in [2.45, 2.75) is 86.4 Å². The van der Waals surface area contributed by atoms with Gasteiger partial charge < -0.3 is 4.90 Å². The Balaban J connectivity index is 0.000000257. The summed E-state index contributed by atoms with van der Waals surface area (Å²) in [4.78, 5) is 2.59. The molecule has 1 heterocycles. The van der Waals surface area contributed by atoms with Gasteiger partial charge in [0.2, 0.25) is 0 Å². The third-order valence-corrected chi connectivity index (χ3v) is 7.69. The Morgan fingerprint density at radius 1 is 1.09 bits per heavy atom. The van der Waals surface area contributed by atoms with E-state index in [1.807, 2.05) is 42.7 Å². The van der Waals surface area contributed by atoms with Crippen LogP contribution in [0.5, 0.6) is 5.75 Å². The van der Waals surface area contributed by atoms with E-state index in [1.54, 1.807) is 0 Å². The fourth-order valence-corrected chi connectivity index (χ4v) is 7.01. The fourth-order valence-electron chi connectivity index (χ4n) is 5.35. The second kappa shape index (κ2) is 11.7. The third kappa shape index (κ3) is 7.06. The van der Waals surface area contributed by atoms with Crippen molar-refractivity contribution in [3.05, 3.63) is 58.7 Å². The van der Waals surface area contributed by atoms with E-state index in [9.17, 15) is 0 Å². The summed E-state index contributed by atoms with van der Waals surface area (Å²) in [5.74, 6) is 1.61. The van der Waals surface area contributed by atoms with Crippen LogP contribution < -0.4 is 9.64 Å². The maximum atomic E-state index is 6.36. The zero-order valence-electron chi connectivity index (χ0n) is 21.6. The van der Waals surface area contributed by atoms with Crippen molar-refractivity contribution < 1.29 is 20.4 Å². The standard InChI is InChI=1S/C18H28ClN.C10H12O.ClH.Ru/c1-12-8-13(2)16(14(3)9-12)20-15(10-19)17(4,5)11-18(20,6)7;1-8(2)11-10-7-5-4-6-9(10)3;;/h8-9,15H,10-11H2,1-7H3;3-8H,1-2H3;1H;/q;;;+1/p-1. The van der Waals surface area contributed by atoms with E-state index in [2.05, 4.69) is 65.5 Å². The minimum absolute atomic E-state index is 0.147. The number of halogens is 2. The normalized spacial score (nSPS) is 19.3. The largest absolute Gasteiger partial charge is 0.361 e. The number of hydrogen-bond donors (Lipinski definition) is 0. The summed E-state index contributed by atoms with van der Waals surface area (Å²) < 4.78 is 7.66. The molecule has 1 unspecified atom stereocenters. The summed E-state index contributed by atoms with van der Waals surface area (Å²) in [6, 6.07) is 12.9. The van der Waals surface area contributed by atoms with E-state index in [4.69, 9.17) is 26.0 Å². The Labute approximate surface area is 218 Å². The van der Waals surface area contributed by atoms with Gasteiger partial charge in [0.15, 0.2) is 0 Å². The van der Waals surface area contributed by atoms with Gasteiger partial charge in [-0.15, -0.1) is 11.6 Å². The van der Waals surface area contributed by atoms with Crippen molar-refractivity contribution in [3.8, 4) is 5.75 Å². The molecule has 0 bridgehead atoms. The number of aryl methyl sites for hydroxylation is 3. The molecule has 0 radical (unpaired) electrons. The van der Waals surface area contributed by atoms with Gasteiger partial charge in [-0.25, -0.2) is 0 Å². The third-order valence-electron chi connectivity index (χ3n) is 6.21. The van der Waals surface area contributed by atoms with Crippen LogP contribution in [-0.2, 0) is 15.7 Å². The molecular weight excluding hydrogens is 538 g/mol. The molecule has 1 fully saturated rings. The van der Waals surface area contributed by atoms with Crippen molar-refractivity contribution in [1.82, 2.24) is 0 Å². The molecular formula is C28H40Cl2NORu. The van der Waals surface area contributed by atoms with Gasteiger partial charge in [0, 0.05) is 23.1 Å². The predicted octanol–water partition coefficient (Wildman–Crippen LogP) is 8.09. The van der Waals surface area contributed by atoms with E-state index in [0.717, 1.165) is 11.3 Å². The molecule has 1 aliphatic rings. The maximum absolute atomic E-state index is 6.36.